The second-order valence-corrected chi connectivity index (χ2v) is 11.7. The summed E-state index contributed by atoms with van der Waals surface area (Å²) < 4.78 is 71.0. The molecule has 0 bridgehead atoms. The number of sulfonamides is 1. The lowest BCUT2D eigenvalue weighted by molar-refractivity contribution is -0.753. The van der Waals surface area contributed by atoms with Crippen molar-refractivity contribution in [1.29, 1.82) is 0 Å². The zero-order valence-electron chi connectivity index (χ0n) is 20.8. The molecule has 0 saturated carbocycles. The Morgan fingerprint density at radius 2 is 2.11 bits per heavy atom. The van der Waals surface area contributed by atoms with Crippen LogP contribution in [0.15, 0.2) is 35.6 Å². The van der Waals surface area contributed by atoms with E-state index in [0.29, 0.717) is 42.1 Å². The number of nitrogens with zero attached hydrogens (tertiary/aromatic N) is 6. The fourth-order valence-electron chi connectivity index (χ4n) is 4.95. The number of ether oxygens (including phenoxy) is 2. The molecule has 2 aliphatic heterocycles. The van der Waals surface area contributed by atoms with Crippen LogP contribution in [0.25, 0.3) is 11.1 Å². The van der Waals surface area contributed by atoms with Gasteiger partial charge in [-0.2, -0.15) is 8.87 Å². The second kappa shape index (κ2) is 9.82. The maximum Gasteiger partial charge on any atom is 0.453 e. The molecule has 2 aromatic heterocycles. The highest BCUT2D eigenvalue weighted by Crippen LogP contribution is 2.44. The summed E-state index contributed by atoms with van der Waals surface area (Å²) in [6.45, 7) is 3.12. The van der Waals surface area contributed by atoms with Crippen molar-refractivity contribution in [2.45, 2.75) is 24.5 Å². The van der Waals surface area contributed by atoms with Crippen LogP contribution in [0.2, 0.25) is 0 Å². The summed E-state index contributed by atoms with van der Waals surface area (Å²) in [6.07, 6.45) is 2.23. The van der Waals surface area contributed by atoms with E-state index in [-0.39, 0.29) is 35.2 Å². The molecule has 2 aliphatic rings. The van der Waals surface area contributed by atoms with Gasteiger partial charge in [0.15, 0.2) is 0 Å². The average molecular weight is 554 g/mol. The predicted molar refractivity (Wildman–Crippen MR) is 132 cm³/mol. The minimum absolute atomic E-state index is 0.121. The van der Waals surface area contributed by atoms with Crippen molar-refractivity contribution in [2.24, 2.45) is 5.92 Å². The van der Waals surface area contributed by atoms with Gasteiger partial charge in [0.1, 0.15) is 17.6 Å². The lowest BCUT2D eigenvalue weighted by atomic mass is 9.97. The van der Waals surface area contributed by atoms with Crippen molar-refractivity contribution in [2.75, 3.05) is 40.8 Å². The van der Waals surface area contributed by atoms with Crippen LogP contribution in [0.5, 0.6) is 17.6 Å². The zero-order valence-corrected chi connectivity index (χ0v) is 22.4. The number of methoxy groups -OCH3 is 1. The molecule has 2 atom stereocenters. The van der Waals surface area contributed by atoms with Gasteiger partial charge < -0.3 is 14.4 Å². The second-order valence-electron chi connectivity index (χ2n) is 9.39. The minimum Gasteiger partial charge on any atom is -0.481 e. The molecule has 0 aliphatic carbocycles. The van der Waals surface area contributed by atoms with Crippen LogP contribution < -0.4 is 14.0 Å². The van der Waals surface area contributed by atoms with Crippen molar-refractivity contribution in [3.63, 3.8) is 0 Å². The van der Waals surface area contributed by atoms with Crippen LogP contribution in [-0.4, -0.2) is 72.6 Å². The highest BCUT2D eigenvalue weighted by Gasteiger charge is 2.48. The molecule has 37 heavy (non-hydrogen) atoms. The maximum atomic E-state index is 14.8. The molecular formula is C23H27F2N6O4S2+. The molecule has 0 spiro atoms. The standard InChI is InChI=1S/C23H27F2N6O4S2/c1-14-18-10-17(24)11-19(16-5-7-26-20(9-16)34-4)21(18)35-23-30(14)22(27-31(23)36-25)37(32,33)29-8-6-15(13-29)12-28(2)3/h5,7,9-11,14-15H,6,8,12-13H2,1-4H3/q+1. The van der Waals surface area contributed by atoms with Gasteiger partial charge in [-0.25, -0.2) is 17.8 Å². The molecule has 14 heteroatoms. The third kappa shape index (κ3) is 4.56. The van der Waals surface area contributed by atoms with E-state index in [0.717, 1.165) is 10.6 Å². The maximum absolute atomic E-state index is 14.8. The number of fused-ring (bicyclic) bond motifs is 2. The molecule has 1 aromatic carbocycles. The summed E-state index contributed by atoms with van der Waals surface area (Å²) in [5.74, 6) is 0.234. The first-order valence-corrected chi connectivity index (χ1v) is 13.8. The highest BCUT2D eigenvalue weighted by atomic mass is 32.2. The lowest BCUT2D eigenvalue weighted by Crippen LogP contribution is -2.48. The molecule has 0 amide bonds. The van der Waals surface area contributed by atoms with Crippen LogP contribution in [0.1, 0.15) is 24.9 Å². The molecule has 1 saturated heterocycles. The Bertz CT molecular complexity index is 1450. The van der Waals surface area contributed by atoms with Gasteiger partial charge in [0.25, 0.3) is 12.3 Å². The summed E-state index contributed by atoms with van der Waals surface area (Å²) in [5.41, 5.74) is 1.36. The fourth-order valence-corrected chi connectivity index (χ4v) is 6.95. The number of rotatable bonds is 7. The summed E-state index contributed by atoms with van der Waals surface area (Å²) in [4.78, 5) is 6.10. The number of hydrogen-bond donors (Lipinski definition) is 0. The van der Waals surface area contributed by atoms with E-state index in [1.54, 1.807) is 19.1 Å². The molecule has 198 valence electrons. The van der Waals surface area contributed by atoms with Gasteiger partial charge >= 0.3 is 21.2 Å². The van der Waals surface area contributed by atoms with Gasteiger partial charge in [-0.1, -0.05) is 0 Å². The Hall–Kier alpha value is -2.81. The first kappa shape index (κ1) is 25.8. The van der Waals surface area contributed by atoms with E-state index in [4.69, 9.17) is 9.47 Å². The summed E-state index contributed by atoms with van der Waals surface area (Å²) in [7, 11) is 1.26. The quantitative estimate of drug-likeness (QED) is 0.413. The largest absolute Gasteiger partial charge is 0.481 e. The number of halogens is 2. The zero-order chi connectivity index (χ0) is 26.5. The third-order valence-corrected chi connectivity index (χ3v) is 8.75. The monoisotopic (exact) mass is 553 g/mol. The lowest BCUT2D eigenvalue weighted by Gasteiger charge is -2.24. The highest BCUT2D eigenvalue weighted by molar-refractivity contribution is 7.92. The van der Waals surface area contributed by atoms with Crippen LogP contribution >= 0.6 is 12.3 Å². The van der Waals surface area contributed by atoms with E-state index in [1.807, 2.05) is 19.0 Å². The Balaban J connectivity index is 1.59. The smallest absolute Gasteiger partial charge is 0.453 e. The SMILES string of the molecule is COc1cc(-c2cc(F)cc3c2Oc2n(SF)nc(S(=O)(=O)N4CCC(CN(C)C)C4)[n+]2C3C)ccn1. The number of aromatic nitrogens is 4. The Kier molecular flexibility index (Phi) is 6.85. The predicted octanol–water partition coefficient (Wildman–Crippen LogP) is 3.05. The van der Waals surface area contributed by atoms with Crippen molar-refractivity contribution in [3.05, 3.63) is 41.8 Å². The summed E-state index contributed by atoms with van der Waals surface area (Å²) in [5, 5.41) is 3.72. The molecule has 0 N–H and O–H groups in total. The fraction of sp³-hybridized carbons (Fsp3) is 0.435. The Morgan fingerprint density at radius 3 is 2.81 bits per heavy atom. The molecule has 0 radical (unpaired) electrons. The first-order valence-electron chi connectivity index (χ1n) is 11.6. The number of benzene rings is 1. The normalized spacial score (nSPS) is 19.5. The van der Waals surface area contributed by atoms with E-state index in [1.165, 1.54) is 34.3 Å². The Morgan fingerprint density at radius 1 is 1.32 bits per heavy atom. The topological polar surface area (TPSA) is 93.7 Å². The summed E-state index contributed by atoms with van der Waals surface area (Å²) >= 11 is -0.275. The van der Waals surface area contributed by atoms with Crippen molar-refractivity contribution < 1.29 is 30.7 Å². The van der Waals surface area contributed by atoms with E-state index >= 15 is 0 Å². The van der Waals surface area contributed by atoms with E-state index < -0.39 is 21.9 Å². The van der Waals surface area contributed by atoms with Gasteiger partial charge in [-0.15, -0.1) is 3.89 Å². The Labute approximate surface area is 218 Å². The van der Waals surface area contributed by atoms with Gasteiger partial charge in [-0.05, 0) is 57.1 Å². The van der Waals surface area contributed by atoms with Gasteiger partial charge in [0, 0.05) is 47.1 Å². The molecule has 10 nitrogen and oxygen atoms in total. The van der Waals surface area contributed by atoms with Gasteiger partial charge in [0.05, 0.1) is 12.2 Å². The summed E-state index contributed by atoms with van der Waals surface area (Å²) in [6, 6.07) is 5.04. The van der Waals surface area contributed by atoms with Gasteiger partial charge in [0.2, 0.25) is 5.88 Å². The van der Waals surface area contributed by atoms with Crippen molar-refractivity contribution in [1.82, 2.24) is 23.4 Å². The number of pyridine rings is 1. The third-order valence-electron chi connectivity index (χ3n) is 6.63. The van der Waals surface area contributed by atoms with Crippen molar-refractivity contribution >= 4 is 22.4 Å². The molecular weight excluding hydrogens is 526 g/mol. The van der Waals surface area contributed by atoms with Crippen LogP contribution in [0.4, 0.5) is 8.28 Å². The van der Waals surface area contributed by atoms with E-state index in [2.05, 4.69) is 10.1 Å². The van der Waals surface area contributed by atoms with Crippen LogP contribution in [0, 0.1) is 11.7 Å². The molecule has 3 aromatic rings. The molecule has 4 heterocycles. The van der Waals surface area contributed by atoms with Gasteiger partial charge in [-0.3, -0.25) is 0 Å². The molecule has 5 rings (SSSR count). The first-order chi connectivity index (χ1) is 17.6. The minimum atomic E-state index is -4.09. The van der Waals surface area contributed by atoms with Crippen molar-refractivity contribution in [3.8, 4) is 28.8 Å². The van der Waals surface area contributed by atoms with Crippen LogP contribution in [0.3, 0.4) is 0 Å². The molecule has 1 fully saturated rings. The van der Waals surface area contributed by atoms with E-state index in [9.17, 15) is 16.7 Å². The molecule has 2 unspecified atom stereocenters. The average Bonchev–Trinajstić information content (AvgIpc) is 3.49. The number of hydrogen-bond acceptors (Lipinski definition) is 8. The van der Waals surface area contributed by atoms with Crippen LogP contribution in [-0.2, 0) is 10.0 Å².